The summed E-state index contributed by atoms with van der Waals surface area (Å²) < 4.78 is 0. The van der Waals surface area contributed by atoms with Gasteiger partial charge in [-0.2, -0.15) is 0 Å². The van der Waals surface area contributed by atoms with Crippen LogP contribution in [-0.2, 0) is 6.42 Å². The Hall–Kier alpha value is -1.20. The van der Waals surface area contributed by atoms with Crippen LogP contribution in [0, 0.1) is 0 Å². The Labute approximate surface area is 120 Å². The first-order valence-electron chi connectivity index (χ1n) is 6.25. The third-order valence-electron chi connectivity index (χ3n) is 3.02. The highest BCUT2D eigenvalue weighted by molar-refractivity contribution is 8.00. The fourth-order valence-corrected chi connectivity index (χ4v) is 4.02. The second kappa shape index (κ2) is 5.43. The molecule has 0 spiro atoms. The van der Waals surface area contributed by atoms with Crippen molar-refractivity contribution in [2.75, 3.05) is 5.75 Å². The van der Waals surface area contributed by atoms with Gasteiger partial charge in [-0.15, -0.1) is 11.8 Å². The third kappa shape index (κ3) is 2.58. The minimum absolute atomic E-state index is 0.00406. The maximum atomic E-state index is 12.1. The smallest absolute Gasteiger partial charge is 0.265 e. The highest BCUT2D eigenvalue weighted by Crippen LogP contribution is 2.43. The quantitative estimate of drug-likeness (QED) is 0.696. The molecule has 1 aliphatic rings. The summed E-state index contributed by atoms with van der Waals surface area (Å²) >= 11 is 3.20. The van der Waals surface area contributed by atoms with Gasteiger partial charge in [0.25, 0.3) is 5.56 Å². The van der Waals surface area contributed by atoms with E-state index in [1.54, 1.807) is 23.5 Å². The summed E-state index contributed by atoms with van der Waals surface area (Å²) in [5.74, 6) is 0.914. The maximum absolute atomic E-state index is 12.1. The third-order valence-corrected chi connectivity index (χ3v) is 5.15. The maximum Gasteiger partial charge on any atom is 0.265 e. The van der Waals surface area contributed by atoms with Crippen LogP contribution in [0.4, 0.5) is 0 Å². The lowest BCUT2D eigenvalue weighted by molar-refractivity contribution is 0.809. The Morgan fingerprint density at radius 3 is 2.95 bits per heavy atom. The van der Waals surface area contributed by atoms with E-state index in [0.717, 1.165) is 27.9 Å². The fraction of sp³-hybridized carbons (Fsp3) is 0.286. The molecule has 0 amide bonds. The van der Waals surface area contributed by atoms with Gasteiger partial charge in [0.15, 0.2) is 5.16 Å². The molecule has 0 radical (unpaired) electrons. The molecule has 98 valence electrons. The van der Waals surface area contributed by atoms with Crippen molar-refractivity contribution in [2.45, 2.75) is 28.6 Å². The van der Waals surface area contributed by atoms with Crippen LogP contribution in [0.15, 0.2) is 45.2 Å². The number of aromatic amines is 1. The molecule has 0 saturated carbocycles. The van der Waals surface area contributed by atoms with Crippen LogP contribution in [0.5, 0.6) is 0 Å². The highest BCUT2D eigenvalue weighted by atomic mass is 32.2. The number of hydrogen-bond donors (Lipinski definition) is 1. The van der Waals surface area contributed by atoms with Crippen LogP contribution in [0.25, 0.3) is 0 Å². The first-order valence-corrected chi connectivity index (χ1v) is 8.12. The van der Waals surface area contributed by atoms with Crippen LogP contribution >= 0.6 is 23.5 Å². The van der Waals surface area contributed by atoms with E-state index in [1.807, 2.05) is 18.2 Å². The predicted octanol–water partition coefficient (Wildman–Crippen LogP) is 3.27. The lowest BCUT2D eigenvalue weighted by Gasteiger charge is -2.06. The topological polar surface area (TPSA) is 45.8 Å². The molecular weight excluding hydrogens is 276 g/mol. The lowest BCUT2D eigenvalue weighted by Crippen LogP contribution is -2.12. The molecule has 3 nitrogen and oxygen atoms in total. The Bertz CT molecular complexity index is 640. The van der Waals surface area contributed by atoms with Crippen molar-refractivity contribution >= 4 is 23.5 Å². The lowest BCUT2D eigenvalue weighted by atomic mass is 10.1. The monoisotopic (exact) mass is 290 g/mol. The second-order valence-electron chi connectivity index (χ2n) is 4.30. The molecule has 1 aromatic carbocycles. The van der Waals surface area contributed by atoms with E-state index in [1.165, 1.54) is 5.56 Å². The minimum atomic E-state index is 0.00406. The zero-order valence-corrected chi connectivity index (χ0v) is 12.2. The van der Waals surface area contributed by atoms with Crippen molar-refractivity contribution in [1.82, 2.24) is 9.97 Å². The number of aromatic nitrogens is 2. The summed E-state index contributed by atoms with van der Waals surface area (Å²) in [5.41, 5.74) is 2.21. The van der Waals surface area contributed by atoms with E-state index in [2.05, 4.69) is 29.0 Å². The molecule has 3 rings (SSSR count). The Morgan fingerprint density at radius 1 is 1.42 bits per heavy atom. The highest BCUT2D eigenvalue weighted by Gasteiger charge is 2.27. The zero-order valence-electron chi connectivity index (χ0n) is 10.6. The van der Waals surface area contributed by atoms with Crippen LogP contribution in [0.2, 0.25) is 0 Å². The van der Waals surface area contributed by atoms with Crippen molar-refractivity contribution in [3.63, 3.8) is 0 Å². The van der Waals surface area contributed by atoms with E-state index in [9.17, 15) is 4.79 Å². The summed E-state index contributed by atoms with van der Waals surface area (Å²) in [6, 6.07) is 10.3. The molecule has 1 atom stereocenters. The van der Waals surface area contributed by atoms with Gasteiger partial charge in [-0.25, -0.2) is 4.98 Å². The molecule has 1 aliphatic heterocycles. The number of hydrogen-bond acceptors (Lipinski definition) is 4. The van der Waals surface area contributed by atoms with Crippen molar-refractivity contribution in [2.24, 2.45) is 0 Å². The van der Waals surface area contributed by atoms with Gasteiger partial charge in [0.2, 0.25) is 0 Å². The van der Waals surface area contributed by atoms with E-state index in [4.69, 9.17) is 0 Å². The van der Waals surface area contributed by atoms with Gasteiger partial charge in [-0.1, -0.05) is 49.0 Å². The van der Waals surface area contributed by atoms with Crippen molar-refractivity contribution in [3.05, 3.63) is 51.9 Å². The molecule has 5 heteroatoms. The fourth-order valence-electron chi connectivity index (χ4n) is 2.16. The molecule has 0 saturated heterocycles. The average Bonchev–Trinajstić information content (AvgIpc) is 2.85. The molecule has 1 unspecified atom stereocenters. The Kier molecular flexibility index (Phi) is 3.66. The van der Waals surface area contributed by atoms with E-state index < -0.39 is 0 Å². The van der Waals surface area contributed by atoms with E-state index >= 15 is 0 Å². The molecular formula is C14H14N2OS2. The summed E-state index contributed by atoms with van der Waals surface area (Å²) in [6.45, 7) is 2.05. The number of thioether (sulfide) groups is 2. The predicted molar refractivity (Wildman–Crippen MR) is 80.0 cm³/mol. The molecule has 0 bridgehead atoms. The molecule has 0 aliphatic carbocycles. The number of H-pyrrole nitrogens is 1. The molecule has 1 N–H and O–H groups in total. The summed E-state index contributed by atoms with van der Waals surface area (Å²) in [5, 5.41) is 1.05. The SMILES string of the molecule is CCSc1nc2c(c(=O)[nH]1)SC(c1ccccc1)C2. The number of fused-ring (bicyclic) bond motifs is 1. The molecule has 19 heavy (non-hydrogen) atoms. The van der Waals surface area contributed by atoms with Crippen LogP contribution < -0.4 is 5.56 Å². The largest absolute Gasteiger partial charge is 0.300 e. The van der Waals surface area contributed by atoms with Gasteiger partial charge in [0, 0.05) is 11.7 Å². The minimum Gasteiger partial charge on any atom is -0.300 e. The summed E-state index contributed by atoms with van der Waals surface area (Å²) in [4.78, 5) is 20.3. The van der Waals surface area contributed by atoms with Crippen LogP contribution in [0.1, 0.15) is 23.4 Å². The molecule has 2 aromatic rings. The average molecular weight is 290 g/mol. The normalized spacial score (nSPS) is 17.4. The van der Waals surface area contributed by atoms with Gasteiger partial charge in [0.1, 0.15) is 0 Å². The van der Waals surface area contributed by atoms with Crippen molar-refractivity contribution in [1.29, 1.82) is 0 Å². The summed E-state index contributed by atoms with van der Waals surface area (Å²) in [7, 11) is 0. The van der Waals surface area contributed by atoms with Crippen LogP contribution in [-0.4, -0.2) is 15.7 Å². The molecule has 1 aromatic heterocycles. The van der Waals surface area contributed by atoms with Gasteiger partial charge in [0.05, 0.1) is 10.6 Å². The van der Waals surface area contributed by atoms with E-state index in [-0.39, 0.29) is 5.56 Å². The summed E-state index contributed by atoms with van der Waals surface area (Å²) in [6.07, 6.45) is 0.838. The Morgan fingerprint density at radius 2 is 2.21 bits per heavy atom. The standard InChI is InChI=1S/C14H14N2OS2/c1-2-18-14-15-10-8-11(9-6-4-3-5-7-9)19-12(10)13(17)16-14/h3-7,11H,2,8H2,1H3,(H,15,16,17). The van der Waals surface area contributed by atoms with Gasteiger partial charge >= 0.3 is 0 Å². The number of benzene rings is 1. The Balaban J connectivity index is 1.92. The van der Waals surface area contributed by atoms with Crippen molar-refractivity contribution in [3.8, 4) is 0 Å². The van der Waals surface area contributed by atoms with Gasteiger partial charge < -0.3 is 4.98 Å². The first-order chi connectivity index (χ1) is 9.28. The van der Waals surface area contributed by atoms with Crippen LogP contribution in [0.3, 0.4) is 0 Å². The number of rotatable bonds is 3. The van der Waals surface area contributed by atoms with Gasteiger partial charge in [-0.3, -0.25) is 4.79 Å². The van der Waals surface area contributed by atoms with Gasteiger partial charge in [-0.05, 0) is 11.3 Å². The van der Waals surface area contributed by atoms with Crippen molar-refractivity contribution < 1.29 is 0 Å². The molecule has 0 fully saturated rings. The zero-order chi connectivity index (χ0) is 13.2. The number of nitrogens with one attached hydrogen (secondary N) is 1. The number of nitrogens with zero attached hydrogens (tertiary/aromatic N) is 1. The van der Waals surface area contributed by atoms with E-state index in [0.29, 0.717) is 5.25 Å². The first kappa shape index (κ1) is 12.8. The molecule has 2 heterocycles. The second-order valence-corrected chi connectivity index (χ2v) is 6.77.